The average molecular weight is 169 g/mol. The van der Waals surface area contributed by atoms with Gasteiger partial charge in [-0.3, -0.25) is 0 Å². The lowest BCUT2D eigenvalue weighted by molar-refractivity contribution is 1.63. The van der Waals surface area contributed by atoms with Gasteiger partial charge in [-0.2, -0.15) is 0 Å². The van der Waals surface area contributed by atoms with E-state index in [0.29, 0.717) is 19.0 Å². The van der Waals surface area contributed by atoms with Crippen molar-refractivity contribution in [2.75, 3.05) is 0 Å². The maximum Gasteiger partial charge on any atom is 0.0889 e. The van der Waals surface area contributed by atoms with Crippen LogP contribution in [0, 0.1) is 0 Å². The highest BCUT2D eigenvalue weighted by atomic mass is 35.5. The number of hydrogen-bond acceptors (Lipinski definition) is 0. The fraction of sp³-hybridized carbons (Fsp3) is 1.00. The second kappa shape index (κ2) is 3.12. The second-order valence-electron chi connectivity index (χ2n) is 1.07. The zero-order valence-corrected chi connectivity index (χ0v) is 7.77. The summed E-state index contributed by atoms with van der Waals surface area (Å²) in [6, 6.07) is 0. The van der Waals surface area contributed by atoms with Gasteiger partial charge in [-0.05, 0) is 0 Å². The summed E-state index contributed by atoms with van der Waals surface area (Å²) in [6.07, 6.45) is 0. The van der Waals surface area contributed by atoms with Crippen LogP contribution in [0.4, 0.5) is 0 Å². The summed E-state index contributed by atoms with van der Waals surface area (Å²) in [4.78, 5) is 0. The van der Waals surface area contributed by atoms with Gasteiger partial charge in [0.25, 0.3) is 0 Å². The van der Waals surface area contributed by atoms with E-state index in [2.05, 4.69) is 0 Å². The Hall–Kier alpha value is 1.01. The molecule has 0 saturated carbocycles. The highest BCUT2D eigenvalue weighted by Gasteiger charge is 2.18. The largest absolute Gasteiger partial charge is 0.111 e. The van der Waals surface area contributed by atoms with Crippen LogP contribution in [0.15, 0.2) is 0 Å². The van der Waals surface area contributed by atoms with Crippen LogP contribution < -0.4 is 0 Å². The van der Waals surface area contributed by atoms with Gasteiger partial charge in [0.15, 0.2) is 0 Å². The molecule has 0 aromatic heterocycles. The van der Waals surface area contributed by atoms with E-state index >= 15 is 0 Å². The average Bonchev–Trinajstić information content (AvgIpc) is 1.68. The fourth-order valence-corrected chi connectivity index (χ4v) is 1.12. The summed E-state index contributed by atoms with van der Waals surface area (Å²) >= 11 is 11.4. The molecule has 0 aliphatic rings. The van der Waals surface area contributed by atoms with E-state index in [1.807, 2.05) is 13.1 Å². The molecule has 0 amide bonds. The van der Waals surface area contributed by atoms with Gasteiger partial charge in [-0.25, -0.2) is 0 Å². The minimum absolute atomic E-state index is 0.417. The molecule has 0 fully saturated rings. The van der Waals surface area contributed by atoms with Crippen molar-refractivity contribution in [3.63, 3.8) is 0 Å². The van der Waals surface area contributed by atoms with E-state index < -0.39 is 3.58 Å². The van der Waals surface area contributed by atoms with Crippen molar-refractivity contribution in [1.82, 2.24) is 0 Å². The Bertz CT molecular complexity index is 48.9. The standard InChI is InChI=1S/C3H6Cl2Si2/c1-6-3(4,5)7-2/h1-2H3. The highest BCUT2D eigenvalue weighted by molar-refractivity contribution is 6.89. The maximum atomic E-state index is 5.70. The van der Waals surface area contributed by atoms with Crippen molar-refractivity contribution in [2.24, 2.45) is 0 Å². The molecule has 0 aliphatic carbocycles. The number of halogens is 2. The Morgan fingerprint density at radius 2 is 1.43 bits per heavy atom. The Morgan fingerprint density at radius 1 is 1.14 bits per heavy atom. The van der Waals surface area contributed by atoms with Crippen molar-refractivity contribution >= 4 is 42.2 Å². The predicted octanol–water partition coefficient (Wildman–Crippen LogP) is 1.58. The van der Waals surface area contributed by atoms with Crippen LogP contribution in [0.1, 0.15) is 0 Å². The quantitative estimate of drug-likeness (QED) is 0.435. The molecule has 0 bridgehead atoms. The van der Waals surface area contributed by atoms with E-state index in [1.165, 1.54) is 0 Å². The van der Waals surface area contributed by atoms with Crippen molar-refractivity contribution < 1.29 is 0 Å². The molecule has 0 spiro atoms. The van der Waals surface area contributed by atoms with Crippen LogP contribution in [-0.4, -0.2) is 22.6 Å². The molecular formula is C3H6Cl2Si2. The number of rotatable bonds is 2. The first-order chi connectivity index (χ1) is 3.12. The molecule has 0 aliphatic heterocycles. The second-order valence-corrected chi connectivity index (χ2v) is 6.67. The normalized spacial score (nSPS) is 12.0. The SMILES string of the molecule is C[Si]C(Cl)(Cl)[Si]C. The molecule has 0 saturated heterocycles. The van der Waals surface area contributed by atoms with Crippen LogP contribution in [0.2, 0.25) is 13.1 Å². The Morgan fingerprint density at radius 3 is 1.43 bits per heavy atom. The topological polar surface area (TPSA) is 0 Å². The Balaban J connectivity index is 3.36. The van der Waals surface area contributed by atoms with E-state index in [0.717, 1.165) is 0 Å². The Labute approximate surface area is 59.2 Å². The van der Waals surface area contributed by atoms with Gasteiger partial charge in [0.05, 0.1) is 22.6 Å². The smallest absolute Gasteiger partial charge is 0.0889 e. The van der Waals surface area contributed by atoms with Gasteiger partial charge in [0, 0.05) is 0 Å². The van der Waals surface area contributed by atoms with Gasteiger partial charge >= 0.3 is 0 Å². The molecule has 0 atom stereocenters. The first kappa shape index (κ1) is 8.01. The van der Waals surface area contributed by atoms with Crippen molar-refractivity contribution in [1.29, 1.82) is 0 Å². The summed E-state index contributed by atoms with van der Waals surface area (Å²) in [5.41, 5.74) is 0. The van der Waals surface area contributed by atoms with Gasteiger partial charge < -0.3 is 0 Å². The first-order valence-corrected chi connectivity index (χ1v) is 5.63. The van der Waals surface area contributed by atoms with Crippen molar-refractivity contribution in [2.45, 2.75) is 16.7 Å². The molecule has 0 nitrogen and oxygen atoms in total. The molecule has 0 heterocycles. The van der Waals surface area contributed by atoms with Crippen molar-refractivity contribution in [3.05, 3.63) is 0 Å². The summed E-state index contributed by atoms with van der Waals surface area (Å²) in [5, 5.41) is 0. The molecule has 4 heteroatoms. The van der Waals surface area contributed by atoms with Crippen LogP contribution in [0.3, 0.4) is 0 Å². The van der Waals surface area contributed by atoms with Gasteiger partial charge in [0.1, 0.15) is 0 Å². The number of alkyl halides is 2. The van der Waals surface area contributed by atoms with Gasteiger partial charge in [0.2, 0.25) is 0 Å². The van der Waals surface area contributed by atoms with Crippen LogP contribution in [0.5, 0.6) is 0 Å². The summed E-state index contributed by atoms with van der Waals surface area (Å²) < 4.78 is -0.417. The highest BCUT2D eigenvalue weighted by Crippen LogP contribution is 2.16. The molecule has 0 N–H and O–H groups in total. The molecule has 0 aromatic carbocycles. The third kappa shape index (κ3) is 3.58. The van der Waals surface area contributed by atoms with Gasteiger partial charge in [-0.1, -0.05) is 13.1 Å². The number of hydrogen-bond donors (Lipinski definition) is 0. The van der Waals surface area contributed by atoms with E-state index in [4.69, 9.17) is 23.2 Å². The van der Waals surface area contributed by atoms with Crippen LogP contribution >= 0.6 is 23.2 Å². The molecule has 4 radical (unpaired) electrons. The monoisotopic (exact) mass is 168 g/mol. The zero-order valence-electron chi connectivity index (χ0n) is 4.26. The van der Waals surface area contributed by atoms with Crippen LogP contribution in [-0.2, 0) is 0 Å². The maximum absolute atomic E-state index is 5.70. The first-order valence-electron chi connectivity index (χ1n) is 1.88. The van der Waals surface area contributed by atoms with E-state index in [1.54, 1.807) is 0 Å². The minimum Gasteiger partial charge on any atom is -0.111 e. The lowest BCUT2D eigenvalue weighted by atomic mass is 11.8. The molecule has 0 rings (SSSR count). The third-order valence-electron chi connectivity index (χ3n) is 0.628. The molecule has 7 heavy (non-hydrogen) atoms. The summed E-state index contributed by atoms with van der Waals surface area (Å²) in [5.74, 6) is 0. The lowest BCUT2D eigenvalue weighted by Gasteiger charge is -2.10. The Kier molecular flexibility index (Phi) is 3.57. The van der Waals surface area contributed by atoms with E-state index in [-0.39, 0.29) is 0 Å². The lowest BCUT2D eigenvalue weighted by Crippen LogP contribution is -2.25. The molecule has 0 unspecified atom stereocenters. The van der Waals surface area contributed by atoms with E-state index in [9.17, 15) is 0 Å². The van der Waals surface area contributed by atoms with Crippen LogP contribution in [0.25, 0.3) is 0 Å². The molecule has 0 aromatic rings. The zero-order chi connectivity index (χ0) is 5.91. The fourth-order valence-electron chi connectivity index (χ4n) is 0.125. The minimum atomic E-state index is -0.417. The molecular weight excluding hydrogens is 163 g/mol. The summed E-state index contributed by atoms with van der Waals surface area (Å²) in [7, 11) is 1.26. The predicted molar refractivity (Wildman–Crippen MR) is 37.7 cm³/mol. The van der Waals surface area contributed by atoms with Gasteiger partial charge in [-0.15, -0.1) is 23.2 Å². The molecule has 40 valence electrons. The third-order valence-corrected chi connectivity index (χ3v) is 5.65. The van der Waals surface area contributed by atoms with Crippen molar-refractivity contribution in [3.8, 4) is 0 Å². The summed E-state index contributed by atoms with van der Waals surface area (Å²) in [6.45, 7) is 4.02.